The number of aromatic hydroxyl groups is 2. The average Bonchev–Trinajstić information content (AvgIpc) is 2.37. The SMILES string of the molecule is O=C(Cc1ccc(O)c(O)c1)Nc1ccccc1Br. The lowest BCUT2D eigenvalue weighted by Crippen LogP contribution is -2.14. The van der Waals surface area contributed by atoms with Crippen LogP contribution in [0.5, 0.6) is 11.5 Å². The molecule has 3 N–H and O–H groups in total. The van der Waals surface area contributed by atoms with Gasteiger partial charge in [0.2, 0.25) is 5.91 Å². The van der Waals surface area contributed by atoms with E-state index in [0.29, 0.717) is 11.3 Å². The Morgan fingerprint density at radius 1 is 1.11 bits per heavy atom. The molecule has 0 fully saturated rings. The highest BCUT2D eigenvalue weighted by molar-refractivity contribution is 9.10. The molecule has 0 aliphatic carbocycles. The number of halogens is 1. The van der Waals surface area contributed by atoms with Crippen molar-refractivity contribution in [1.82, 2.24) is 0 Å². The Balaban J connectivity index is 2.05. The number of phenolic OH excluding ortho intramolecular Hbond substituents is 2. The lowest BCUT2D eigenvalue weighted by molar-refractivity contribution is -0.115. The Kier molecular flexibility index (Phi) is 4.06. The molecule has 98 valence electrons. The van der Waals surface area contributed by atoms with E-state index < -0.39 is 0 Å². The maximum absolute atomic E-state index is 11.9. The van der Waals surface area contributed by atoms with Crippen LogP contribution >= 0.6 is 15.9 Å². The molecule has 0 saturated heterocycles. The van der Waals surface area contributed by atoms with Crippen molar-refractivity contribution in [2.45, 2.75) is 6.42 Å². The summed E-state index contributed by atoms with van der Waals surface area (Å²) in [6.07, 6.45) is 0.120. The van der Waals surface area contributed by atoms with Gasteiger partial charge in [0.05, 0.1) is 12.1 Å². The minimum atomic E-state index is -0.230. The van der Waals surface area contributed by atoms with E-state index in [1.165, 1.54) is 12.1 Å². The van der Waals surface area contributed by atoms with Crippen molar-refractivity contribution in [3.05, 3.63) is 52.5 Å². The quantitative estimate of drug-likeness (QED) is 0.761. The molecule has 0 bridgehead atoms. The van der Waals surface area contributed by atoms with Crippen LogP contribution in [-0.4, -0.2) is 16.1 Å². The molecule has 19 heavy (non-hydrogen) atoms. The van der Waals surface area contributed by atoms with Gasteiger partial charge in [0, 0.05) is 4.47 Å². The number of nitrogens with one attached hydrogen (secondary N) is 1. The van der Waals surface area contributed by atoms with Crippen LogP contribution in [0.2, 0.25) is 0 Å². The van der Waals surface area contributed by atoms with E-state index in [9.17, 15) is 15.0 Å². The molecule has 0 saturated carbocycles. The summed E-state index contributed by atoms with van der Waals surface area (Å²) >= 11 is 3.34. The maximum atomic E-state index is 11.9. The number of para-hydroxylation sites is 1. The van der Waals surface area contributed by atoms with Crippen molar-refractivity contribution >= 4 is 27.5 Å². The molecule has 4 nitrogen and oxygen atoms in total. The fourth-order valence-electron chi connectivity index (χ4n) is 1.62. The summed E-state index contributed by atoms with van der Waals surface area (Å²) in [5.74, 6) is -0.627. The number of amides is 1. The highest BCUT2D eigenvalue weighted by Gasteiger charge is 2.08. The molecule has 0 spiro atoms. The highest BCUT2D eigenvalue weighted by atomic mass is 79.9. The first-order valence-corrected chi connectivity index (χ1v) is 6.41. The first-order chi connectivity index (χ1) is 9.06. The minimum absolute atomic E-state index is 0.120. The summed E-state index contributed by atoms with van der Waals surface area (Å²) in [7, 11) is 0. The predicted molar refractivity (Wildman–Crippen MR) is 76.2 cm³/mol. The Bertz CT molecular complexity index is 613. The molecule has 0 unspecified atom stereocenters. The van der Waals surface area contributed by atoms with Crippen molar-refractivity contribution in [2.24, 2.45) is 0 Å². The number of phenols is 2. The van der Waals surface area contributed by atoms with E-state index in [0.717, 1.165) is 4.47 Å². The van der Waals surface area contributed by atoms with Gasteiger partial charge in [-0.1, -0.05) is 18.2 Å². The van der Waals surface area contributed by atoms with E-state index in [1.807, 2.05) is 18.2 Å². The minimum Gasteiger partial charge on any atom is -0.504 e. The summed E-state index contributed by atoms with van der Waals surface area (Å²) in [4.78, 5) is 11.9. The normalized spacial score (nSPS) is 10.2. The third-order valence-corrected chi connectivity index (χ3v) is 3.24. The first-order valence-electron chi connectivity index (χ1n) is 5.61. The third kappa shape index (κ3) is 3.48. The Morgan fingerprint density at radius 2 is 1.84 bits per heavy atom. The van der Waals surface area contributed by atoms with Crippen LogP contribution in [0.25, 0.3) is 0 Å². The van der Waals surface area contributed by atoms with Gasteiger partial charge in [-0.15, -0.1) is 0 Å². The number of carbonyl (C=O) groups excluding carboxylic acids is 1. The fourth-order valence-corrected chi connectivity index (χ4v) is 2.01. The van der Waals surface area contributed by atoms with E-state index in [2.05, 4.69) is 21.2 Å². The van der Waals surface area contributed by atoms with E-state index in [-0.39, 0.29) is 23.8 Å². The molecule has 5 heteroatoms. The molecule has 0 aliphatic rings. The second kappa shape index (κ2) is 5.75. The number of carbonyl (C=O) groups is 1. The second-order valence-corrected chi connectivity index (χ2v) is 4.88. The lowest BCUT2D eigenvalue weighted by atomic mass is 10.1. The van der Waals surface area contributed by atoms with Gasteiger partial charge < -0.3 is 15.5 Å². The predicted octanol–water partition coefficient (Wildman–Crippen LogP) is 3.04. The zero-order valence-electron chi connectivity index (χ0n) is 9.93. The van der Waals surface area contributed by atoms with E-state index in [1.54, 1.807) is 12.1 Å². The van der Waals surface area contributed by atoms with Crippen LogP contribution in [0.4, 0.5) is 5.69 Å². The standard InChI is InChI=1S/C14H12BrNO3/c15-10-3-1-2-4-11(10)16-14(19)8-9-5-6-12(17)13(18)7-9/h1-7,17-18H,8H2,(H,16,19). The third-order valence-electron chi connectivity index (χ3n) is 2.55. The molecule has 0 heterocycles. The number of hydrogen-bond donors (Lipinski definition) is 3. The number of benzene rings is 2. The monoisotopic (exact) mass is 321 g/mol. The number of rotatable bonds is 3. The van der Waals surface area contributed by atoms with Gasteiger partial charge in [-0.3, -0.25) is 4.79 Å². The molecule has 2 aromatic rings. The van der Waals surface area contributed by atoms with Gasteiger partial charge in [-0.25, -0.2) is 0 Å². The topological polar surface area (TPSA) is 69.6 Å². The van der Waals surface area contributed by atoms with Crippen LogP contribution in [0.1, 0.15) is 5.56 Å². The molecule has 2 aromatic carbocycles. The van der Waals surface area contributed by atoms with Crippen molar-refractivity contribution in [2.75, 3.05) is 5.32 Å². The Morgan fingerprint density at radius 3 is 2.53 bits per heavy atom. The molecule has 0 aliphatic heterocycles. The van der Waals surface area contributed by atoms with Crippen molar-refractivity contribution in [1.29, 1.82) is 0 Å². The van der Waals surface area contributed by atoms with Crippen molar-refractivity contribution in [3.8, 4) is 11.5 Å². The van der Waals surface area contributed by atoms with Gasteiger partial charge >= 0.3 is 0 Å². The highest BCUT2D eigenvalue weighted by Crippen LogP contribution is 2.25. The molecule has 0 atom stereocenters. The van der Waals surface area contributed by atoms with Gasteiger partial charge in [-0.05, 0) is 45.8 Å². The van der Waals surface area contributed by atoms with Crippen LogP contribution < -0.4 is 5.32 Å². The number of anilines is 1. The van der Waals surface area contributed by atoms with Gasteiger partial charge in [0.25, 0.3) is 0 Å². The summed E-state index contributed by atoms with van der Waals surface area (Å²) in [5.41, 5.74) is 1.32. The molecular formula is C14H12BrNO3. The molecule has 1 amide bonds. The zero-order valence-corrected chi connectivity index (χ0v) is 11.5. The van der Waals surface area contributed by atoms with Crippen molar-refractivity contribution in [3.63, 3.8) is 0 Å². The Labute approximate surface area is 118 Å². The Hall–Kier alpha value is -2.01. The lowest BCUT2D eigenvalue weighted by Gasteiger charge is -2.07. The molecule has 2 rings (SSSR count). The first kappa shape index (κ1) is 13.4. The average molecular weight is 322 g/mol. The van der Waals surface area contributed by atoms with Crippen LogP contribution in [0.3, 0.4) is 0 Å². The maximum Gasteiger partial charge on any atom is 0.228 e. The van der Waals surface area contributed by atoms with Crippen molar-refractivity contribution < 1.29 is 15.0 Å². The summed E-state index contributed by atoms with van der Waals surface area (Å²) in [6, 6.07) is 11.6. The van der Waals surface area contributed by atoms with Gasteiger partial charge in [0.1, 0.15) is 0 Å². The van der Waals surface area contributed by atoms with Gasteiger partial charge in [-0.2, -0.15) is 0 Å². The largest absolute Gasteiger partial charge is 0.504 e. The van der Waals surface area contributed by atoms with E-state index >= 15 is 0 Å². The van der Waals surface area contributed by atoms with Crippen LogP contribution in [0.15, 0.2) is 46.9 Å². The summed E-state index contributed by atoms with van der Waals surface area (Å²) < 4.78 is 0.803. The van der Waals surface area contributed by atoms with Gasteiger partial charge in [0.15, 0.2) is 11.5 Å². The summed E-state index contributed by atoms with van der Waals surface area (Å²) in [5, 5.41) is 21.3. The molecule has 0 radical (unpaired) electrons. The second-order valence-electron chi connectivity index (χ2n) is 4.03. The smallest absolute Gasteiger partial charge is 0.228 e. The zero-order chi connectivity index (χ0) is 13.8. The fraction of sp³-hybridized carbons (Fsp3) is 0.0714. The molecular weight excluding hydrogens is 310 g/mol. The van der Waals surface area contributed by atoms with E-state index in [4.69, 9.17) is 0 Å². The van der Waals surface area contributed by atoms with Crippen LogP contribution in [0, 0.1) is 0 Å². The van der Waals surface area contributed by atoms with Crippen LogP contribution in [-0.2, 0) is 11.2 Å². The summed E-state index contributed by atoms with van der Waals surface area (Å²) in [6.45, 7) is 0. The molecule has 0 aromatic heterocycles. The number of hydrogen-bond acceptors (Lipinski definition) is 3.